The van der Waals surface area contributed by atoms with Gasteiger partial charge in [-0.15, -0.1) is 0 Å². The first-order valence-electron chi connectivity index (χ1n) is 10.6. The number of fused-ring (bicyclic) bond motifs is 1. The number of hydrogen-bond acceptors (Lipinski definition) is 7. The fourth-order valence-electron chi connectivity index (χ4n) is 4.02. The van der Waals surface area contributed by atoms with Gasteiger partial charge in [0.15, 0.2) is 6.23 Å². The standard InChI is InChI=1S/C22H19ClF3N5O3/c23-19-16(10-28-31(20(19)32)18-7-3-4-8-33-18)30-11-13-9-27-21(29-15(13)12-30)34-17-6-2-1-5-14(17)22(24,25)26/h1-2,5-6,9-10,18H,3-4,7-8,11-12H2. The molecule has 1 fully saturated rings. The third-order valence-electron chi connectivity index (χ3n) is 5.72. The molecular formula is C22H19ClF3N5O3. The topological polar surface area (TPSA) is 82.4 Å². The SMILES string of the molecule is O=c1c(Cl)c(N2Cc3cnc(Oc4ccccc4C(F)(F)F)nc3C2)cnn1C1CCCCO1. The lowest BCUT2D eigenvalue weighted by Gasteiger charge is -2.25. The van der Waals surface area contributed by atoms with Gasteiger partial charge in [-0.2, -0.15) is 27.9 Å². The fourth-order valence-corrected chi connectivity index (χ4v) is 4.28. The van der Waals surface area contributed by atoms with E-state index in [1.807, 2.05) is 0 Å². The van der Waals surface area contributed by atoms with Crippen LogP contribution in [0.3, 0.4) is 0 Å². The summed E-state index contributed by atoms with van der Waals surface area (Å²) < 4.78 is 52.0. The van der Waals surface area contributed by atoms with Crippen LogP contribution < -0.4 is 15.2 Å². The van der Waals surface area contributed by atoms with Gasteiger partial charge >= 0.3 is 12.2 Å². The summed E-state index contributed by atoms with van der Waals surface area (Å²) in [6.45, 7) is 1.19. The third kappa shape index (κ3) is 4.32. The second kappa shape index (κ2) is 8.88. The molecule has 0 radical (unpaired) electrons. The van der Waals surface area contributed by atoms with Crippen molar-refractivity contribution in [3.05, 3.63) is 68.9 Å². The molecule has 1 atom stereocenters. The molecule has 1 unspecified atom stereocenters. The van der Waals surface area contributed by atoms with E-state index in [4.69, 9.17) is 21.1 Å². The summed E-state index contributed by atoms with van der Waals surface area (Å²) in [5.41, 5.74) is 0.376. The van der Waals surface area contributed by atoms with E-state index in [9.17, 15) is 18.0 Å². The predicted octanol–water partition coefficient (Wildman–Crippen LogP) is 4.72. The summed E-state index contributed by atoms with van der Waals surface area (Å²) in [6, 6.07) is 4.66. The number of benzene rings is 1. The van der Waals surface area contributed by atoms with Gasteiger partial charge in [0.1, 0.15) is 10.8 Å². The number of ether oxygens (including phenoxy) is 2. The Labute approximate surface area is 196 Å². The van der Waals surface area contributed by atoms with E-state index in [0.29, 0.717) is 31.0 Å². The summed E-state index contributed by atoms with van der Waals surface area (Å²) in [7, 11) is 0. The number of alkyl halides is 3. The molecule has 34 heavy (non-hydrogen) atoms. The van der Waals surface area contributed by atoms with E-state index < -0.39 is 23.5 Å². The molecule has 4 heterocycles. The van der Waals surface area contributed by atoms with Crippen LogP contribution in [0.25, 0.3) is 0 Å². The first-order valence-corrected chi connectivity index (χ1v) is 11.0. The maximum atomic E-state index is 13.2. The summed E-state index contributed by atoms with van der Waals surface area (Å²) in [4.78, 5) is 22.9. The predicted molar refractivity (Wildman–Crippen MR) is 116 cm³/mol. The van der Waals surface area contributed by atoms with Crippen molar-refractivity contribution >= 4 is 17.3 Å². The Bertz CT molecular complexity index is 1280. The highest BCUT2D eigenvalue weighted by Gasteiger charge is 2.34. The van der Waals surface area contributed by atoms with Gasteiger partial charge < -0.3 is 14.4 Å². The maximum Gasteiger partial charge on any atom is 0.419 e. The molecule has 1 aromatic carbocycles. The highest BCUT2D eigenvalue weighted by atomic mass is 35.5. The van der Waals surface area contributed by atoms with Gasteiger partial charge in [-0.25, -0.2) is 4.98 Å². The highest BCUT2D eigenvalue weighted by molar-refractivity contribution is 6.33. The molecule has 0 aliphatic carbocycles. The van der Waals surface area contributed by atoms with Crippen LogP contribution in [-0.2, 0) is 24.0 Å². The Kier molecular flexibility index (Phi) is 5.90. The molecule has 2 aliphatic heterocycles. The first kappa shape index (κ1) is 22.6. The second-order valence-electron chi connectivity index (χ2n) is 7.99. The lowest BCUT2D eigenvalue weighted by atomic mass is 10.2. The fraction of sp³-hybridized carbons (Fsp3) is 0.364. The molecule has 0 bridgehead atoms. The van der Waals surface area contributed by atoms with Crippen LogP contribution in [0.15, 0.2) is 41.5 Å². The van der Waals surface area contributed by atoms with Gasteiger partial charge in [-0.1, -0.05) is 23.7 Å². The average Bonchev–Trinajstić information content (AvgIpc) is 3.24. The molecule has 2 aromatic heterocycles. The van der Waals surface area contributed by atoms with E-state index in [1.165, 1.54) is 35.3 Å². The van der Waals surface area contributed by atoms with E-state index >= 15 is 0 Å². The quantitative estimate of drug-likeness (QED) is 0.520. The van der Waals surface area contributed by atoms with E-state index in [0.717, 1.165) is 24.5 Å². The van der Waals surface area contributed by atoms with Crippen LogP contribution >= 0.6 is 11.6 Å². The molecule has 5 rings (SSSR count). The molecule has 1 saturated heterocycles. The number of hydrogen-bond donors (Lipinski definition) is 0. The zero-order chi connectivity index (χ0) is 23.9. The van der Waals surface area contributed by atoms with Gasteiger partial charge in [-0.3, -0.25) is 4.79 Å². The molecule has 0 saturated carbocycles. The number of para-hydroxylation sites is 1. The number of anilines is 1. The molecule has 8 nitrogen and oxygen atoms in total. The molecule has 0 spiro atoms. The third-order valence-corrected chi connectivity index (χ3v) is 6.08. The number of rotatable bonds is 4. The minimum Gasteiger partial charge on any atom is -0.424 e. The van der Waals surface area contributed by atoms with Crippen molar-refractivity contribution in [1.82, 2.24) is 19.7 Å². The summed E-state index contributed by atoms with van der Waals surface area (Å²) >= 11 is 6.40. The summed E-state index contributed by atoms with van der Waals surface area (Å²) in [6.07, 6.45) is 0.566. The van der Waals surface area contributed by atoms with Crippen LogP contribution in [0.5, 0.6) is 11.8 Å². The van der Waals surface area contributed by atoms with Crippen molar-refractivity contribution in [1.29, 1.82) is 0 Å². The van der Waals surface area contributed by atoms with E-state index in [1.54, 1.807) is 4.90 Å². The summed E-state index contributed by atoms with van der Waals surface area (Å²) in [5.74, 6) is -0.384. The maximum absolute atomic E-state index is 13.2. The largest absolute Gasteiger partial charge is 0.424 e. The van der Waals surface area contributed by atoms with Crippen molar-refractivity contribution in [2.45, 2.75) is 44.8 Å². The number of halogens is 4. The molecule has 2 aliphatic rings. The normalized spacial score (nSPS) is 18.1. The average molecular weight is 494 g/mol. The second-order valence-corrected chi connectivity index (χ2v) is 8.37. The van der Waals surface area contributed by atoms with Crippen LogP contribution in [-0.4, -0.2) is 26.4 Å². The highest BCUT2D eigenvalue weighted by Crippen LogP contribution is 2.38. The van der Waals surface area contributed by atoms with Gasteiger partial charge in [0.2, 0.25) is 0 Å². The van der Waals surface area contributed by atoms with Crippen LogP contribution in [0.2, 0.25) is 5.02 Å². The summed E-state index contributed by atoms with van der Waals surface area (Å²) in [5, 5.41) is 4.28. The zero-order valence-electron chi connectivity index (χ0n) is 17.8. The first-order chi connectivity index (χ1) is 16.3. The van der Waals surface area contributed by atoms with Crippen molar-refractivity contribution in [2.75, 3.05) is 11.5 Å². The molecule has 0 N–H and O–H groups in total. The van der Waals surface area contributed by atoms with Crippen LogP contribution in [0, 0.1) is 0 Å². The van der Waals surface area contributed by atoms with Crippen LogP contribution in [0.4, 0.5) is 18.9 Å². The molecule has 178 valence electrons. The van der Waals surface area contributed by atoms with Gasteiger partial charge in [-0.05, 0) is 31.4 Å². The Morgan fingerprint density at radius 2 is 1.97 bits per heavy atom. The number of nitrogens with zero attached hydrogens (tertiary/aromatic N) is 5. The number of aromatic nitrogens is 4. The molecule has 0 amide bonds. The van der Waals surface area contributed by atoms with Gasteiger partial charge in [0, 0.05) is 24.9 Å². The Morgan fingerprint density at radius 1 is 1.15 bits per heavy atom. The Morgan fingerprint density at radius 3 is 2.74 bits per heavy atom. The van der Waals surface area contributed by atoms with E-state index in [2.05, 4.69) is 15.1 Å². The minimum atomic E-state index is -4.57. The minimum absolute atomic E-state index is 0.0144. The Balaban J connectivity index is 1.36. The lowest BCUT2D eigenvalue weighted by Crippen LogP contribution is -2.32. The van der Waals surface area contributed by atoms with Crippen molar-refractivity contribution in [3.63, 3.8) is 0 Å². The van der Waals surface area contributed by atoms with Crippen molar-refractivity contribution < 1.29 is 22.6 Å². The van der Waals surface area contributed by atoms with E-state index in [-0.39, 0.29) is 23.3 Å². The Hall–Kier alpha value is -3.18. The van der Waals surface area contributed by atoms with Crippen molar-refractivity contribution in [2.24, 2.45) is 0 Å². The molecule has 3 aromatic rings. The van der Waals surface area contributed by atoms with Gasteiger partial charge in [0.25, 0.3) is 5.56 Å². The van der Waals surface area contributed by atoms with Crippen molar-refractivity contribution in [3.8, 4) is 11.8 Å². The van der Waals surface area contributed by atoms with Gasteiger partial charge in [0.05, 0.1) is 29.7 Å². The molecule has 12 heteroatoms. The molecular weight excluding hydrogens is 475 g/mol. The lowest BCUT2D eigenvalue weighted by molar-refractivity contribution is -0.138. The monoisotopic (exact) mass is 493 g/mol. The smallest absolute Gasteiger partial charge is 0.419 e. The van der Waals surface area contributed by atoms with Crippen LogP contribution in [0.1, 0.15) is 42.3 Å². The zero-order valence-corrected chi connectivity index (χ0v) is 18.5.